The number of aromatic nitrogens is 1. The summed E-state index contributed by atoms with van der Waals surface area (Å²) in [6, 6.07) is 1.80. The molecule has 1 aromatic heterocycles. The monoisotopic (exact) mass is 272 g/mol. The largest absolute Gasteiger partial charge is 0.364 e. The van der Waals surface area contributed by atoms with Gasteiger partial charge >= 0.3 is 0 Å². The minimum atomic E-state index is -0.466. The third kappa shape index (κ3) is 2.24. The van der Waals surface area contributed by atoms with Crippen LogP contribution >= 0.6 is 15.9 Å². The Hall–Kier alpha value is -1.21. The molecule has 0 radical (unpaired) electrons. The van der Waals surface area contributed by atoms with Gasteiger partial charge in [-0.1, -0.05) is 0 Å². The third-order valence-corrected chi connectivity index (χ3v) is 2.76. The van der Waals surface area contributed by atoms with E-state index in [0.717, 1.165) is 13.1 Å². The van der Waals surface area contributed by atoms with Crippen molar-refractivity contribution in [3.05, 3.63) is 26.9 Å². The van der Waals surface area contributed by atoms with Crippen LogP contribution in [0.3, 0.4) is 0 Å². The van der Waals surface area contributed by atoms with E-state index in [9.17, 15) is 10.1 Å². The first kappa shape index (κ1) is 10.3. The van der Waals surface area contributed by atoms with E-state index in [1.807, 2.05) is 0 Å². The zero-order chi connectivity index (χ0) is 10.8. The molecule has 15 heavy (non-hydrogen) atoms. The maximum absolute atomic E-state index is 10.5. The molecule has 7 heteroatoms. The van der Waals surface area contributed by atoms with Gasteiger partial charge in [-0.15, -0.1) is 0 Å². The predicted molar refractivity (Wildman–Crippen MR) is 58.9 cm³/mol. The summed E-state index contributed by atoms with van der Waals surface area (Å²) in [5.41, 5.74) is -0.0147. The third-order valence-electron chi connectivity index (χ3n) is 2.16. The molecule has 0 aliphatic carbocycles. The van der Waals surface area contributed by atoms with Crippen molar-refractivity contribution < 1.29 is 4.92 Å². The van der Waals surface area contributed by atoms with Crippen molar-refractivity contribution in [3.8, 4) is 0 Å². The quantitative estimate of drug-likeness (QED) is 0.637. The van der Waals surface area contributed by atoms with Crippen LogP contribution in [0.4, 0.5) is 11.5 Å². The molecule has 0 atom stereocenters. The number of nitrogens with one attached hydrogen (secondary N) is 2. The minimum absolute atomic E-state index is 0.0147. The SMILES string of the molecule is O=[N+]([O-])c1cnc(NC2CNC2)c(Br)c1. The molecule has 0 spiro atoms. The van der Waals surface area contributed by atoms with Crippen LogP contribution in [-0.4, -0.2) is 29.0 Å². The molecular weight excluding hydrogens is 264 g/mol. The second kappa shape index (κ2) is 4.11. The van der Waals surface area contributed by atoms with Gasteiger partial charge in [0.25, 0.3) is 5.69 Å². The number of hydrogen-bond donors (Lipinski definition) is 2. The first-order valence-corrected chi connectivity index (χ1v) is 5.23. The molecule has 2 rings (SSSR count). The maximum atomic E-state index is 10.5. The van der Waals surface area contributed by atoms with E-state index in [0.29, 0.717) is 16.3 Å². The highest BCUT2D eigenvalue weighted by atomic mass is 79.9. The molecule has 1 aliphatic rings. The van der Waals surface area contributed by atoms with E-state index < -0.39 is 4.92 Å². The fourth-order valence-electron chi connectivity index (χ4n) is 1.22. The number of hydrogen-bond acceptors (Lipinski definition) is 5. The summed E-state index contributed by atoms with van der Waals surface area (Å²) in [5.74, 6) is 0.645. The Kier molecular flexibility index (Phi) is 2.83. The lowest BCUT2D eigenvalue weighted by atomic mass is 10.2. The molecule has 1 saturated heterocycles. The van der Waals surface area contributed by atoms with Gasteiger partial charge in [-0.05, 0) is 15.9 Å². The summed E-state index contributed by atoms with van der Waals surface area (Å²) in [6.45, 7) is 1.79. The molecule has 1 aliphatic heterocycles. The number of pyridine rings is 1. The average Bonchev–Trinajstić information content (AvgIpc) is 2.12. The van der Waals surface area contributed by atoms with E-state index in [1.54, 1.807) is 0 Å². The zero-order valence-corrected chi connectivity index (χ0v) is 9.32. The van der Waals surface area contributed by atoms with Crippen LogP contribution in [0, 0.1) is 10.1 Å². The van der Waals surface area contributed by atoms with Crippen LogP contribution < -0.4 is 10.6 Å². The van der Waals surface area contributed by atoms with Crippen molar-refractivity contribution in [1.82, 2.24) is 10.3 Å². The Bertz CT molecular complexity index is 394. The molecule has 0 saturated carbocycles. The van der Waals surface area contributed by atoms with E-state index in [-0.39, 0.29) is 5.69 Å². The summed E-state index contributed by atoms with van der Waals surface area (Å²) in [6.07, 6.45) is 1.25. The fraction of sp³-hybridized carbons (Fsp3) is 0.375. The van der Waals surface area contributed by atoms with Gasteiger partial charge < -0.3 is 10.6 Å². The summed E-state index contributed by atoms with van der Waals surface area (Å²) >= 11 is 3.25. The molecule has 1 fully saturated rings. The van der Waals surface area contributed by atoms with Crippen LogP contribution in [-0.2, 0) is 0 Å². The predicted octanol–water partition coefficient (Wildman–Crippen LogP) is 1.14. The molecule has 0 unspecified atom stereocenters. The average molecular weight is 273 g/mol. The molecule has 80 valence electrons. The highest BCUT2D eigenvalue weighted by Gasteiger charge is 2.18. The smallest absolute Gasteiger partial charge is 0.288 e. The second-order valence-corrected chi connectivity index (χ2v) is 4.13. The van der Waals surface area contributed by atoms with Crippen molar-refractivity contribution in [2.24, 2.45) is 0 Å². The second-order valence-electron chi connectivity index (χ2n) is 3.28. The summed E-state index contributed by atoms with van der Waals surface area (Å²) in [7, 11) is 0. The van der Waals surface area contributed by atoms with Crippen molar-refractivity contribution in [1.29, 1.82) is 0 Å². The Balaban J connectivity index is 2.14. The molecule has 2 N–H and O–H groups in total. The molecular formula is C8H9BrN4O2. The van der Waals surface area contributed by atoms with E-state index in [2.05, 4.69) is 31.5 Å². The topological polar surface area (TPSA) is 80.1 Å². The lowest BCUT2D eigenvalue weighted by molar-refractivity contribution is -0.385. The van der Waals surface area contributed by atoms with Crippen LogP contribution in [0.5, 0.6) is 0 Å². The first-order valence-electron chi connectivity index (χ1n) is 4.44. The van der Waals surface area contributed by atoms with Gasteiger partial charge in [-0.2, -0.15) is 0 Å². The lowest BCUT2D eigenvalue weighted by Gasteiger charge is -2.28. The van der Waals surface area contributed by atoms with Gasteiger partial charge in [0, 0.05) is 19.2 Å². The zero-order valence-electron chi connectivity index (χ0n) is 7.74. The van der Waals surface area contributed by atoms with Crippen molar-refractivity contribution in [3.63, 3.8) is 0 Å². The van der Waals surface area contributed by atoms with E-state index >= 15 is 0 Å². The number of nitrogens with zero attached hydrogens (tertiary/aromatic N) is 2. The number of anilines is 1. The van der Waals surface area contributed by atoms with Crippen LogP contribution in [0.2, 0.25) is 0 Å². The van der Waals surface area contributed by atoms with Gasteiger partial charge in [0.2, 0.25) is 0 Å². The molecule has 6 nitrogen and oxygen atoms in total. The molecule has 2 heterocycles. The van der Waals surface area contributed by atoms with Crippen molar-refractivity contribution in [2.75, 3.05) is 18.4 Å². The number of halogens is 1. The molecule has 1 aromatic rings. The highest BCUT2D eigenvalue weighted by Crippen LogP contribution is 2.25. The normalized spacial score (nSPS) is 15.8. The van der Waals surface area contributed by atoms with Gasteiger partial charge in [0.15, 0.2) is 0 Å². The van der Waals surface area contributed by atoms with Crippen molar-refractivity contribution >= 4 is 27.4 Å². The van der Waals surface area contributed by atoms with Gasteiger partial charge in [0.1, 0.15) is 12.0 Å². The Labute approximate surface area is 94.4 Å². The Morgan fingerprint density at radius 2 is 2.40 bits per heavy atom. The van der Waals surface area contributed by atoms with E-state index in [4.69, 9.17) is 0 Å². The summed E-state index contributed by atoms with van der Waals surface area (Å²) in [4.78, 5) is 14.0. The minimum Gasteiger partial charge on any atom is -0.364 e. The van der Waals surface area contributed by atoms with Crippen LogP contribution in [0.15, 0.2) is 16.7 Å². The van der Waals surface area contributed by atoms with Gasteiger partial charge in [-0.3, -0.25) is 10.1 Å². The summed E-state index contributed by atoms with van der Waals surface area (Å²) < 4.78 is 0.614. The fourth-order valence-corrected chi connectivity index (χ4v) is 1.67. The van der Waals surface area contributed by atoms with E-state index in [1.165, 1.54) is 12.3 Å². The number of rotatable bonds is 3. The highest BCUT2D eigenvalue weighted by molar-refractivity contribution is 9.10. The maximum Gasteiger partial charge on any atom is 0.288 e. The Morgan fingerprint density at radius 3 is 2.87 bits per heavy atom. The first-order chi connectivity index (χ1) is 7.16. The molecule has 0 bridgehead atoms. The van der Waals surface area contributed by atoms with Gasteiger partial charge in [-0.25, -0.2) is 4.98 Å². The standard InChI is InChI=1S/C8H9BrN4O2/c9-7-1-6(13(14)15)4-11-8(7)12-5-2-10-3-5/h1,4-5,10H,2-3H2,(H,11,12). The lowest BCUT2D eigenvalue weighted by Crippen LogP contribution is -2.51. The summed E-state index contributed by atoms with van der Waals surface area (Å²) in [5, 5.41) is 16.8. The molecule has 0 amide bonds. The number of nitro groups is 1. The van der Waals surface area contributed by atoms with Crippen molar-refractivity contribution in [2.45, 2.75) is 6.04 Å². The van der Waals surface area contributed by atoms with Crippen LogP contribution in [0.25, 0.3) is 0 Å². The molecule has 0 aromatic carbocycles. The van der Waals surface area contributed by atoms with Gasteiger partial charge in [0.05, 0.1) is 15.4 Å². The Morgan fingerprint density at radius 1 is 1.67 bits per heavy atom. The van der Waals surface area contributed by atoms with Crippen LogP contribution in [0.1, 0.15) is 0 Å².